The largest absolute Gasteiger partial charge is 0.354 e. The van der Waals surface area contributed by atoms with Crippen molar-refractivity contribution in [1.29, 1.82) is 0 Å². The predicted octanol–water partition coefficient (Wildman–Crippen LogP) is 2.41. The highest BCUT2D eigenvalue weighted by atomic mass is 16.2. The highest BCUT2D eigenvalue weighted by Crippen LogP contribution is 2.25. The fourth-order valence-electron chi connectivity index (χ4n) is 2.59. The molecule has 0 aliphatic heterocycles. The lowest BCUT2D eigenvalue weighted by Gasteiger charge is -2.13. The molecule has 26 heavy (non-hydrogen) atoms. The molecular formula is C18H14N6O2. The van der Waals surface area contributed by atoms with Gasteiger partial charge in [-0.15, -0.1) is 0 Å². The average Bonchev–Trinajstić information content (AvgIpc) is 3.05. The molecule has 4 rings (SSSR count). The van der Waals surface area contributed by atoms with E-state index in [-0.39, 0.29) is 11.6 Å². The Bertz CT molecular complexity index is 1130. The molecule has 8 heteroatoms. The van der Waals surface area contributed by atoms with Crippen molar-refractivity contribution in [1.82, 2.24) is 19.6 Å². The molecule has 0 aliphatic carbocycles. The third kappa shape index (κ3) is 2.91. The third-order valence-electron chi connectivity index (χ3n) is 3.82. The minimum absolute atomic E-state index is 0.273. The second-order valence-electron chi connectivity index (χ2n) is 5.50. The number of nitrogens with zero attached hydrogens (tertiary/aromatic N) is 3. The second-order valence-corrected chi connectivity index (χ2v) is 5.50. The van der Waals surface area contributed by atoms with E-state index < -0.39 is 5.69 Å². The Morgan fingerprint density at radius 1 is 1.00 bits per heavy atom. The summed E-state index contributed by atoms with van der Waals surface area (Å²) in [5.41, 5.74) is 2.36. The van der Waals surface area contributed by atoms with Crippen LogP contribution in [0.15, 0.2) is 71.9 Å². The number of fused-ring (bicyclic) bond motifs is 1. The molecule has 0 saturated heterocycles. The summed E-state index contributed by atoms with van der Waals surface area (Å²) >= 11 is 0. The Labute approximate surface area is 147 Å². The first-order chi connectivity index (χ1) is 12.7. The zero-order chi connectivity index (χ0) is 17.9. The smallest absolute Gasteiger partial charge is 0.347 e. The molecule has 4 aromatic rings. The lowest BCUT2D eigenvalue weighted by molar-refractivity contribution is 0.102. The number of anilines is 3. The van der Waals surface area contributed by atoms with Crippen LogP contribution in [0, 0.1) is 0 Å². The quantitative estimate of drug-likeness (QED) is 0.526. The molecule has 1 amide bonds. The molecule has 1 aromatic carbocycles. The van der Waals surface area contributed by atoms with Crippen molar-refractivity contribution in [3.8, 4) is 0 Å². The van der Waals surface area contributed by atoms with Crippen molar-refractivity contribution in [3.05, 3.63) is 83.2 Å². The summed E-state index contributed by atoms with van der Waals surface area (Å²) < 4.78 is 1.29. The highest BCUT2D eigenvalue weighted by Gasteiger charge is 2.15. The van der Waals surface area contributed by atoms with Crippen LogP contribution in [0.1, 0.15) is 10.4 Å². The van der Waals surface area contributed by atoms with Gasteiger partial charge in [-0.3, -0.25) is 9.78 Å². The zero-order valence-corrected chi connectivity index (χ0v) is 13.5. The summed E-state index contributed by atoms with van der Waals surface area (Å²) in [4.78, 5) is 28.4. The van der Waals surface area contributed by atoms with E-state index >= 15 is 0 Å². The summed E-state index contributed by atoms with van der Waals surface area (Å²) in [5.74, 6) is -0.362. The molecule has 3 heterocycles. The predicted molar refractivity (Wildman–Crippen MR) is 97.7 cm³/mol. The molecule has 3 N–H and O–H groups in total. The van der Waals surface area contributed by atoms with Gasteiger partial charge >= 0.3 is 5.69 Å². The first-order valence-corrected chi connectivity index (χ1v) is 7.85. The van der Waals surface area contributed by atoms with Crippen molar-refractivity contribution >= 4 is 28.6 Å². The number of hydrogen-bond acceptors (Lipinski definition) is 5. The van der Waals surface area contributed by atoms with Gasteiger partial charge in [0.05, 0.1) is 16.9 Å². The Hall–Kier alpha value is -3.94. The third-order valence-corrected chi connectivity index (χ3v) is 3.82. The van der Waals surface area contributed by atoms with E-state index in [0.29, 0.717) is 11.3 Å². The normalized spacial score (nSPS) is 10.6. The fraction of sp³-hybridized carbons (Fsp3) is 0. The van der Waals surface area contributed by atoms with Crippen molar-refractivity contribution in [2.45, 2.75) is 0 Å². The van der Waals surface area contributed by atoms with Gasteiger partial charge in [-0.1, -0.05) is 12.1 Å². The van der Waals surface area contributed by atoms with Gasteiger partial charge in [0.15, 0.2) is 5.65 Å². The zero-order valence-electron chi connectivity index (χ0n) is 13.5. The van der Waals surface area contributed by atoms with Crippen LogP contribution in [-0.4, -0.2) is 25.5 Å². The number of nitrogens with one attached hydrogen (secondary N) is 3. The molecule has 0 bridgehead atoms. The number of hydrogen-bond donors (Lipinski definition) is 3. The fourth-order valence-corrected chi connectivity index (χ4v) is 2.59. The first-order valence-electron chi connectivity index (χ1n) is 7.85. The topological polar surface area (TPSA) is 104 Å². The number of benzene rings is 1. The molecule has 0 fully saturated rings. The Kier molecular flexibility index (Phi) is 3.91. The summed E-state index contributed by atoms with van der Waals surface area (Å²) in [7, 11) is 0. The maximum Gasteiger partial charge on any atom is 0.347 e. The summed E-state index contributed by atoms with van der Waals surface area (Å²) in [5, 5.41) is 12.4. The van der Waals surface area contributed by atoms with Gasteiger partial charge in [0.25, 0.3) is 5.91 Å². The van der Waals surface area contributed by atoms with Crippen LogP contribution in [0.5, 0.6) is 0 Å². The average molecular weight is 346 g/mol. The number of para-hydroxylation sites is 2. The molecule has 3 aromatic heterocycles. The van der Waals surface area contributed by atoms with E-state index in [1.165, 1.54) is 4.40 Å². The first kappa shape index (κ1) is 15.6. The lowest BCUT2D eigenvalue weighted by atomic mass is 10.2. The minimum Gasteiger partial charge on any atom is -0.354 e. The Balaban J connectivity index is 1.65. The van der Waals surface area contributed by atoms with E-state index in [1.807, 2.05) is 30.3 Å². The van der Waals surface area contributed by atoms with E-state index in [1.54, 1.807) is 36.8 Å². The van der Waals surface area contributed by atoms with Gasteiger partial charge in [0, 0.05) is 24.3 Å². The number of carbonyl (C=O) groups excluding carboxylic acids is 1. The van der Waals surface area contributed by atoms with E-state index in [9.17, 15) is 9.59 Å². The number of H-pyrrole nitrogens is 1. The van der Waals surface area contributed by atoms with Crippen molar-refractivity contribution in [3.63, 3.8) is 0 Å². The van der Waals surface area contributed by atoms with E-state index in [4.69, 9.17) is 0 Å². The number of amides is 1. The molecule has 0 spiro atoms. The summed E-state index contributed by atoms with van der Waals surface area (Å²) in [6.45, 7) is 0. The molecule has 0 unspecified atom stereocenters. The number of aromatic nitrogens is 4. The van der Waals surface area contributed by atoms with Crippen molar-refractivity contribution < 1.29 is 4.79 Å². The molecule has 0 aliphatic rings. The van der Waals surface area contributed by atoms with Gasteiger partial charge in [-0.25, -0.2) is 14.3 Å². The van der Waals surface area contributed by atoms with Crippen molar-refractivity contribution in [2.75, 3.05) is 10.6 Å². The second kappa shape index (κ2) is 6.52. The summed E-state index contributed by atoms with van der Waals surface area (Å²) in [6.07, 6.45) is 4.91. The van der Waals surface area contributed by atoms with E-state index in [2.05, 4.69) is 25.8 Å². The highest BCUT2D eigenvalue weighted by molar-refractivity contribution is 6.09. The molecule has 0 radical (unpaired) electrons. The van der Waals surface area contributed by atoms with E-state index in [0.717, 1.165) is 11.4 Å². The minimum atomic E-state index is -0.394. The lowest BCUT2D eigenvalue weighted by Crippen LogP contribution is -2.16. The van der Waals surface area contributed by atoms with Crippen LogP contribution in [-0.2, 0) is 0 Å². The molecule has 8 nitrogen and oxygen atoms in total. The number of carbonyl (C=O) groups is 1. The molecule has 128 valence electrons. The van der Waals surface area contributed by atoms with Gasteiger partial charge in [-0.05, 0) is 36.4 Å². The molecule has 0 atom stereocenters. The SMILES string of the molecule is O=C(Nc1ccccc1Nc1ccncc1)c1cccn2c(=O)[nH]nc12. The summed E-state index contributed by atoms with van der Waals surface area (Å²) in [6, 6.07) is 14.2. The van der Waals surface area contributed by atoms with Crippen LogP contribution >= 0.6 is 0 Å². The van der Waals surface area contributed by atoms with Crippen LogP contribution in [0.3, 0.4) is 0 Å². The standard InChI is InChI=1S/C18H14N6O2/c25-17(13-4-3-11-24-16(13)22-23-18(24)26)21-15-6-2-1-5-14(15)20-12-7-9-19-10-8-12/h1-11H,(H,19,20)(H,21,25)(H,23,26). The Morgan fingerprint density at radius 2 is 1.77 bits per heavy atom. The number of pyridine rings is 2. The Morgan fingerprint density at radius 3 is 2.58 bits per heavy atom. The van der Waals surface area contributed by atoms with Gasteiger partial charge in [0.2, 0.25) is 0 Å². The van der Waals surface area contributed by atoms with Gasteiger partial charge < -0.3 is 10.6 Å². The van der Waals surface area contributed by atoms with Crippen LogP contribution < -0.4 is 16.3 Å². The number of aromatic amines is 1. The van der Waals surface area contributed by atoms with Crippen LogP contribution in [0.2, 0.25) is 0 Å². The molecular weight excluding hydrogens is 332 g/mol. The maximum atomic E-state index is 12.7. The van der Waals surface area contributed by atoms with Gasteiger partial charge in [0.1, 0.15) is 0 Å². The van der Waals surface area contributed by atoms with Crippen LogP contribution in [0.25, 0.3) is 5.65 Å². The van der Waals surface area contributed by atoms with Crippen LogP contribution in [0.4, 0.5) is 17.1 Å². The maximum absolute atomic E-state index is 12.7. The van der Waals surface area contributed by atoms with Gasteiger partial charge in [-0.2, -0.15) is 5.10 Å². The number of rotatable bonds is 4. The molecule has 0 saturated carbocycles. The van der Waals surface area contributed by atoms with Crippen molar-refractivity contribution in [2.24, 2.45) is 0 Å². The monoisotopic (exact) mass is 346 g/mol.